The lowest BCUT2D eigenvalue weighted by atomic mass is 9.96. The van der Waals surface area contributed by atoms with Crippen LogP contribution in [0.4, 0.5) is 8.78 Å². The topological polar surface area (TPSA) is 20.2 Å². The SMILES string of the molecule is Cc1cc(Cl)c(C(O)c2c(F)ccc(C)c2F)cc1C. The van der Waals surface area contributed by atoms with Crippen LogP contribution in [0.1, 0.15) is 33.9 Å². The molecule has 0 bridgehead atoms. The Morgan fingerprint density at radius 2 is 1.60 bits per heavy atom. The fraction of sp³-hybridized carbons (Fsp3) is 0.250. The van der Waals surface area contributed by atoms with Crippen molar-refractivity contribution in [3.05, 3.63) is 68.7 Å². The van der Waals surface area contributed by atoms with E-state index in [-0.39, 0.29) is 11.1 Å². The van der Waals surface area contributed by atoms with Crippen molar-refractivity contribution >= 4 is 11.6 Å². The van der Waals surface area contributed by atoms with Gasteiger partial charge < -0.3 is 5.11 Å². The summed E-state index contributed by atoms with van der Waals surface area (Å²) >= 11 is 6.09. The zero-order valence-electron chi connectivity index (χ0n) is 11.5. The molecular weight excluding hydrogens is 282 g/mol. The van der Waals surface area contributed by atoms with Crippen LogP contribution in [-0.4, -0.2) is 5.11 Å². The van der Waals surface area contributed by atoms with E-state index in [1.165, 1.54) is 13.0 Å². The van der Waals surface area contributed by atoms with Crippen LogP contribution in [-0.2, 0) is 0 Å². The van der Waals surface area contributed by atoms with Crippen LogP contribution in [0.2, 0.25) is 5.02 Å². The van der Waals surface area contributed by atoms with Crippen molar-refractivity contribution in [1.29, 1.82) is 0 Å². The van der Waals surface area contributed by atoms with Crippen LogP contribution in [0, 0.1) is 32.4 Å². The van der Waals surface area contributed by atoms with Crippen LogP contribution in [0.25, 0.3) is 0 Å². The number of benzene rings is 2. The minimum atomic E-state index is -1.43. The molecule has 0 aliphatic heterocycles. The standard InChI is InChI=1S/C16H15ClF2O/c1-8-4-5-13(18)14(15(8)19)16(20)11-6-9(2)10(3)7-12(11)17/h4-7,16,20H,1-3H3. The van der Waals surface area contributed by atoms with Gasteiger partial charge in [-0.3, -0.25) is 0 Å². The second-order valence-corrected chi connectivity index (χ2v) is 5.36. The number of hydrogen-bond donors (Lipinski definition) is 1. The number of rotatable bonds is 2. The first-order valence-electron chi connectivity index (χ1n) is 6.22. The summed E-state index contributed by atoms with van der Waals surface area (Å²) in [4.78, 5) is 0. The fourth-order valence-electron chi connectivity index (χ4n) is 2.10. The quantitative estimate of drug-likeness (QED) is 0.857. The lowest BCUT2D eigenvalue weighted by Crippen LogP contribution is -2.08. The second-order valence-electron chi connectivity index (χ2n) is 4.95. The van der Waals surface area contributed by atoms with Crippen LogP contribution < -0.4 is 0 Å². The van der Waals surface area contributed by atoms with Gasteiger partial charge in [0.15, 0.2) is 0 Å². The molecule has 1 N–H and O–H groups in total. The highest BCUT2D eigenvalue weighted by Gasteiger charge is 2.23. The van der Waals surface area contributed by atoms with Crippen molar-refractivity contribution in [2.24, 2.45) is 0 Å². The number of aryl methyl sites for hydroxylation is 3. The van der Waals surface area contributed by atoms with E-state index < -0.39 is 17.7 Å². The van der Waals surface area contributed by atoms with Crippen LogP contribution >= 0.6 is 11.6 Å². The average molecular weight is 297 g/mol. The summed E-state index contributed by atoms with van der Waals surface area (Å²) in [6.45, 7) is 5.25. The van der Waals surface area contributed by atoms with E-state index in [9.17, 15) is 13.9 Å². The molecule has 0 aliphatic rings. The Morgan fingerprint density at radius 1 is 1.00 bits per heavy atom. The average Bonchev–Trinajstić information content (AvgIpc) is 2.38. The van der Waals surface area contributed by atoms with Crippen LogP contribution in [0.3, 0.4) is 0 Å². The summed E-state index contributed by atoms with van der Waals surface area (Å²) in [5.41, 5.74) is 2.07. The monoisotopic (exact) mass is 296 g/mol. The van der Waals surface area contributed by atoms with E-state index in [2.05, 4.69) is 0 Å². The highest BCUT2D eigenvalue weighted by Crippen LogP contribution is 2.33. The predicted molar refractivity (Wildman–Crippen MR) is 76.1 cm³/mol. The number of aliphatic hydroxyl groups excluding tert-OH is 1. The van der Waals surface area contributed by atoms with E-state index in [0.717, 1.165) is 17.2 Å². The van der Waals surface area contributed by atoms with Gasteiger partial charge in [0.25, 0.3) is 0 Å². The Bertz CT molecular complexity index is 668. The van der Waals surface area contributed by atoms with Crippen molar-refractivity contribution in [2.75, 3.05) is 0 Å². The molecule has 20 heavy (non-hydrogen) atoms. The summed E-state index contributed by atoms with van der Waals surface area (Å²) in [6, 6.07) is 5.82. The van der Waals surface area contributed by atoms with Crippen molar-refractivity contribution in [1.82, 2.24) is 0 Å². The molecule has 106 valence electrons. The van der Waals surface area contributed by atoms with Crippen molar-refractivity contribution in [3.63, 3.8) is 0 Å². The van der Waals surface area contributed by atoms with Crippen molar-refractivity contribution in [2.45, 2.75) is 26.9 Å². The van der Waals surface area contributed by atoms with Gasteiger partial charge in [-0.25, -0.2) is 8.78 Å². The molecule has 0 saturated heterocycles. The Kier molecular flexibility index (Phi) is 4.11. The molecule has 0 saturated carbocycles. The van der Waals surface area contributed by atoms with E-state index in [0.29, 0.717) is 10.6 Å². The number of halogens is 3. The molecule has 2 aromatic rings. The maximum atomic E-state index is 14.1. The molecule has 1 unspecified atom stereocenters. The van der Waals surface area contributed by atoms with Crippen molar-refractivity contribution in [3.8, 4) is 0 Å². The fourth-order valence-corrected chi connectivity index (χ4v) is 2.42. The first kappa shape index (κ1) is 14.9. The van der Waals surface area contributed by atoms with E-state index in [1.54, 1.807) is 12.1 Å². The van der Waals surface area contributed by atoms with Gasteiger partial charge in [-0.2, -0.15) is 0 Å². The van der Waals surface area contributed by atoms with Gasteiger partial charge in [-0.05, 0) is 49.6 Å². The molecular formula is C16H15ClF2O. The molecule has 0 aliphatic carbocycles. The minimum Gasteiger partial charge on any atom is -0.383 e. The predicted octanol–water partition coefficient (Wildman–Crippen LogP) is 4.63. The molecule has 0 fully saturated rings. The molecule has 0 spiro atoms. The van der Waals surface area contributed by atoms with Gasteiger partial charge in [0.1, 0.15) is 17.7 Å². The zero-order chi connectivity index (χ0) is 15.0. The molecule has 2 aromatic carbocycles. The third kappa shape index (κ3) is 2.56. The molecule has 0 heterocycles. The first-order valence-corrected chi connectivity index (χ1v) is 6.60. The summed E-state index contributed by atoms with van der Waals surface area (Å²) in [5.74, 6) is -1.53. The third-order valence-corrected chi connectivity index (χ3v) is 3.83. The highest BCUT2D eigenvalue weighted by atomic mass is 35.5. The molecule has 1 atom stereocenters. The molecule has 0 aromatic heterocycles. The van der Waals surface area contributed by atoms with Gasteiger partial charge in [0.2, 0.25) is 0 Å². The largest absolute Gasteiger partial charge is 0.383 e. The molecule has 2 rings (SSSR count). The van der Waals surface area contributed by atoms with E-state index in [1.807, 2.05) is 13.8 Å². The highest BCUT2D eigenvalue weighted by molar-refractivity contribution is 6.31. The smallest absolute Gasteiger partial charge is 0.135 e. The summed E-state index contributed by atoms with van der Waals surface area (Å²) in [7, 11) is 0. The van der Waals surface area contributed by atoms with E-state index in [4.69, 9.17) is 11.6 Å². The number of hydrogen-bond acceptors (Lipinski definition) is 1. The van der Waals surface area contributed by atoms with Crippen LogP contribution in [0.5, 0.6) is 0 Å². The molecule has 0 amide bonds. The van der Waals surface area contributed by atoms with Gasteiger partial charge >= 0.3 is 0 Å². The maximum Gasteiger partial charge on any atom is 0.135 e. The summed E-state index contributed by atoms with van der Waals surface area (Å²) in [6.07, 6.45) is -1.43. The zero-order valence-corrected chi connectivity index (χ0v) is 12.2. The van der Waals surface area contributed by atoms with Gasteiger partial charge in [0.05, 0.1) is 5.56 Å². The summed E-state index contributed by atoms with van der Waals surface area (Å²) in [5, 5.41) is 10.6. The lowest BCUT2D eigenvalue weighted by molar-refractivity contribution is 0.209. The lowest BCUT2D eigenvalue weighted by Gasteiger charge is -2.17. The van der Waals surface area contributed by atoms with Crippen molar-refractivity contribution < 1.29 is 13.9 Å². The van der Waals surface area contributed by atoms with Gasteiger partial charge in [0, 0.05) is 10.6 Å². The third-order valence-electron chi connectivity index (χ3n) is 3.50. The maximum absolute atomic E-state index is 14.1. The Hall–Kier alpha value is -1.45. The molecule has 4 heteroatoms. The molecule has 1 nitrogen and oxygen atoms in total. The Balaban J connectivity index is 2.60. The van der Waals surface area contributed by atoms with Gasteiger partial charge in [-0.15, -0.1) is 0 Å². The number of aliphatic hydroxyl groups is 1. The first-order chi connectivity index (χ1) is 9.32. The minimum absolute atomic E-state index is 0.278. The van der Waals surface area contributed by atoms with E-state index >= 15 is 0 Å². The molecule has 0 radical (unpaired) electrons. The summed E-state index contributed by atoms with van der Waals surface area (Å²) < 4.78 is 27.9. The van der Waals surface area contributed by atoms with Gasteiger partial charge in [-0.1, -0.05) is 23.7 Å². The second kappa shape index (κ2) is 5.51. The normalized spacial score (nSPS) is 12.6. The van der Waals surface area contributed by atoms with Crippen LogP contribution in [0.15, 0.2) is 24.3 Å². The Labute approximate surface area is 121 Å². The Morgan fingerprint density at radius 3 is 2.25 bits per heavy atom.